The van der Waals surface area contributed by atoms with Crippen LogP contribution in [-0.4, -0.2) is 0 Å². The number of anilines is 1. The molecule has 0 aliphatic heterocycles. The van der Waals surface area contributed by atoms with E-state index in [0.717, 1.165) is 0 Å². The molecule has 0 aromatic heterocycles. The van der Waals surface area contributed by atoms with Gasteiger partial charge in [0, 0.05) is 6.04 Å². The van der Waals surface area contributed by atoms with E-state index in [9.17, 15) is 4.39 Å². The smallest absolute Gasteiger partial charge is 0.126 e. The average Bonchev–Trinajstić information content (AvgIpc) is 2.32. The first-order valence-electron chi connectivity index (χ1n) is 6.78. The summed E-state index contributed by atoms with van der Waals surface area (Å²) in [5.74, 6) is -0.439. The predicted octanol–water partition coefficient (Wildman–Crippen LogP) is 6.23. The van der Waals surface area contributed by atoms with Crippen LogP contribution in [0.15, 0.2) is 24.3 Å². The van der Waals surface area contributed by atoms with Gasteiger partial charge < -0.3 is 5.32 Å². The molecule has 0 spiro atoms. The molecule has 0 amide bonds. The predicted molar refractivity (Wildman–Crippen MR) is 89.1 cm³/mol. The fraction of sp³-hybridized carbons (Fsp3) is 0.294. The van der Waals surface area contributed by atoms with Crippen LogP contribution >= 0.6 is 23.2 Å². The molecule has 0 saturated heterocycles. The van der Waals surface area contributed by atoms with Crippen LogP contribution in [0.25, 0.3) is 0 Å². The third-order valence-electron chi connectivity index (χ3n) is 3.54. The molecular weight excluding hydrogens is 308 g/mol. The second-order valence-corrected chi connectivity index (χ2v) is 6.24. The lowest BCUT2D eigenvalue weighted by atomic mass is 9.95. The Morgan fingerprint density at radius 1 is 0.952 bits per heavy atom. The zero-order chi connectivity index (χ0) is 15.7. The highest BCUT2D eigenvalue weighted by atomic mass is 35.5. The minimum Gasteiger partial charge on any atom is -0.376 e. The highest BCUT2D eigenvalue weighted by Gasteiger charge is 2.16. The fourth-order valence-corrected chi connectivity index (χ4v) is 3.41. The highest BCUT2D eigenvalue weighted by molar-refractivity contribution is 6.39. The number of nitrogens with one attached hydrogen (secondary N) is 1. The molecule has 0 aliphatic carbocycles. The normalized spacial score (nSPS) is 12.3. The van der Waals surface area contributed by atoms with E-state index in [1.54, 1.807) is 0 Å². The van der Waals surface area contributed by atoms with Crippen LogP contribution in [-0.2, 0) is 0 Å². The number of aryl methyl sites for hydroxylation is 3. The van der Waals surface area contributed by atoms with Crippen molar-refractivity contribution in [3.8, 4) is 0 Å². The topological polar surface area (TPSA) is 12.0 Å². The van der Waals surface area contributed by atoms with Crippen molar-refractivity contribution in [1.29, 1.82) is 0 Å². The molecule has 2 rings (SSSR count). The summed E-state index contributed by atoms with van der Waals surface area (Å²) < 4.78 is 13.2. The summed E-state index contributed by atoms with van der Waals surface area (Å²) in [5.41, 5.74) is 5.42. The van der Waals surface area contributed by atoms with Crippen LogP contribution in [0.4, 0.5) is 10.1 Å². The third-order valence-corrected chi connectivity index (χ3v) is 4.13. The maximum Gasteiger partial charge on any atom is 0.126 e. The van der Waals surface area contributed by atoms with Gasteiger partial charge in [-0.1, -0.05) is 40.9 Å². The molecule has 1 nitrogen and oxygen atoms in total. The minimum atomic E-state index is -0.439. The van der Waals surface area contributed by atoms with E-state index in [4.69, 9.17) is 23.2 Å². The van der Waals surface area contributed by atoms with E-state index in [-0.39, 0.29) is 16.1 Å². The molecule has 2 aromatic carbocycles. The molecule has 0 saturated carbocycles. The summed E-state index contributed by atoms with van der Waals surface area (Å²) in [5, 5.41) is 3.87. The van der Waals surface area contributed by atoms with Gasteiger partial charge in [0.2, 0.25) is 0 Å². The van der Waals surface area contributed by atoms with Crippen molar-refractivity contribution in [3.63, 3.8) is 0 Å². The second kappa shape index (κ2) is 6.25. The Morgan fingerprint density at radius 3 is 1.90 bits per heavy atom. The lowest BCUT2D eigenvalue weighted by Crippen LogP contribution is -2.11. The Bertz CT molecular complexity index is 636. The van der Waals surface area contributed by atoms with Crippen molar-refractivity contribution < 1.29 is 4.39 Å². The molecule has 0 radical (unpaired) electrons. The largest absolute Gasteiger partial charge is 0.376 e. The Labute approximate surface area is 135 Å². The summed E-state index contributed by atoms with van der Waals surface area (Å²) in [4.78, 5) is 0. The van der Waals surface area contributed by atoms with Gasteiger partial charge >= 0.3 is 0 Å². The van der Waals surface area contributed by atoms with E-state index in [2.05, 4.69) is 38.2 Å². The highest BCUT2D eigenvalue weighted by Crippen LogP contribution is 2.35. The summed E-state index contributed by atoms with van der Waals surface area (Å²) in [6.45, 7) is 8.29. The lowest BCUT2D eigenvalue weighted by Gasteiger charge is -2.22. The van der Waals surface area contributed by atoms with Gasteiger partial charge in [0.25, 0.3) is 0 Å². The van der Waals surface area contributed by atoms with Crippen LogP contribution < -0.4 is 5.32 Å². The maximum atomic E-state index is 13.2. The zero-order valence-corrected chi connectivity index (χ0v) is 14.0. The maximum absolute atomic E-state index is 13.2. The van der Waals surface area contributed by atoms with Gasteiger partial charge in [-0.05, 0) is 56.5 Å². The van der Waals surface area contributed by atoms with Crippen molar-refractivity contribution in [2.24, 2.45) is 0 Å². The summed E-state index contributed by atoms with van der Waals surface area (Å²) in [7, 11) is 0. The molecule has 0 aliphatic rings. The molecule has 0 bridgehead atoms. The van der Waals surface area contributed by atoms with E-state index in [0.29, 0.717) is 5.69 Å². The number of hydrogen-bond acceptors (Lipinski definition) is 1. The van der Waals surface area contributed by atoms with Gasteiger partial charge in [-0.25, -0.2) is 4.39 Å². The minimum absolute atomic E-state index is 0.0195. The first kappa shape index (κ1) is 16.1. The molecule has 1 atom stereocenters. The lowest BCUT2D eigenvalue weighted by molar-refractivity contribution is 0.628. The number of rotatable bonds is 3. The SMILES string of the molecule is Cc1cc(C)c(C(C)Nc2c(Cl)cc(F)cc2Cl)c(C)c1. The van der Waals surface area contributed by atoms with Gasteiger partial charge in [-0.2, -0.15) is 0 Å². The van der Waals surface area contributed by atoms with E-state index < -0.39 is 5.82 Å². The van der Waals surface area contributed by atoms with Crippen molar-refractivity contribution in [2.45, 2.75) is 33.7 Å². The average molecular weight is 326 g/mol. The van der Waals surface area contributed by atoms with Crippen LogP contribution in [0.5, 0.6) is 0 Å². The van der Waals surface area contributed by atoms with Gasteiger partial charge in [0.1, 0.15) is 5.82 Å². The van der Waals surface area contributed by atoms with Crippen LogP contribution in [0, 0.1) is 26.6 Å². The summed E-state index contributed by atoms with van der Waals surface area (Å²) in [6, 6.07) is 6.84. The van der Waals surface area contributed by atoms with E-state index in [1.165, 1.54) is 34.4 Å². The van der Waals surface area contributed by atoms with Gasteiger partial charge in [-0.3, -0.25) is 0 Å². The quantitative estimate of drug-likeness (QED) is 0.705. The molecule has 2 aromatic rings. The number of hydrogen-bond donors (Lipinski definition) is 1. The number of benzene rings is 2. The molecule has 112 valence electrons. The Kier molecular flexibility index (Phi) is 4.80. The molecular formula is C17H18Cl2FN. The van der Waals surface area contributed by atoms with Crippen LogP contribution in [0.1, 0.15) is 35.2 Å². The van der Waals surface area contributed by atoms with E-state index in [1.807, 2.05) is 6.92 Å². The molecule has 0 fully saturated rings. The molecule has 21 heavy (non-hydrogen) atoms. The van der Waals surface area contributed by atoms with Gasteiger partial charge in [-0.15, -0.1) is 0 Å². The first-order valence-corrected chi connectivity index (χ1v) is 7.54. The standard InChI is InChI=1S/C17H18Cl2FN/c1-9-5-10(2)16(11(3)6-9)12(4)21-17-14(18)7-13(20)8-15(17)19/h5-8,12,21H,1-4H3. The van der Waals surface area contributed by atoms with Crippen molar-refractivity contribution in [2.75, 3.05) is 5.32 Å². The molecule has 1 N–H and O–H groups in total. The van der Waals surface area contributed by atoms with Crippen molar-refractivity contribution in [3.05, 3.63) is 62.4 Å². The van der Waals surface area contributed by atoms with Gasteiger partial charge in [0.05, 0.1) is 15.7 Å². The molecule has 0 heterocycles. The Morgan fingerprint density at radius 2 is 1.43 bits per heavy atom. The zero-order valence-electron chi connectivity index (χ0n) is 12.5. The van der Waals surface area contributed by atoms with Crippen LogP contribution in [0.3, 0.4) is 0 Å². The summed E-state index contributed by atoms with van der Waals surface area (Å²) in [6.07, 6.45) is 0. The van der Waals surface area contributed by atoms with E-state index >= 15 is 0 Å². The molecule has 1 unspecified atom stereocenters. The second-order valence-electron chi connectivity index (χ2n) is 5.42. The Balaban J connectivity index is 2.37. The van der Waals surface area contributed by atoms with Crippen molar-refractivity contribution >= 4 is 28.9 Å². The number of halogens is 3. The Hall–Kier alpha value is -1.25. The molecule has 4 heteroatoms. The monoisotopic (exact) mass is 325 g/mol. The van der Waals surface area contributed by atoms with Crippen molar-refractivity contribution in [1.82, 2.24) is 0 Å². The fourth-order valence-electron chi connectivity index (χ4n) is 2.84. The summed E-state index contributed by atoms with van der Waals surface area (Å²) >= 11 is 12.2. The van der Waals surface area contributed by atoms with Gasteiger partial charge in [0.15, 0.2) is 0 Å². The third kappa shape index (κ3) is 3.50. The van der Waals surface area contributed by atoms with Crippen LogP contribution in [0.2, 0.25) is 10.0 Å². The first-order chi connectivity index (χ1) is 9.79.